The molecule has 0 unspecified atom stereocenters. The van der Waals surface area contributed by atoms with E-state index in [1.807, 2.05) is 37.3 Å². The quantitative estimate of drug-likeness (QED) is 0.806. The normalized spacial score (nSPS) is 16.0. The molecule has 0 saturated heterocycles. The van der Waals surface area contributed by atoms with Gasteiger partial charge in [0.1, 0.15) is 6.17 Å². The predicted molar refractivity (Wildman–Crippen MR) is 96.8 cm³/mol. The van der Waals surface area contributed by atoms with Crippen molar-refractivity contribution in [2.45, 2.75) is 19.5 Å². The number of benzene rings is 2. The van der Waals surface area contributed by atoms with Crippen LogP contribution in [0, 0.1) is 0 Å². The summed E-state index contributed by atoms with van der Waals surface area (Å²) in [6.45, 7) is 2.66. The molecule has 2 aromatic rings. The van der Waals surface area contributed by atoms with E-state index < -0.39 is 0 Å². The summed E-state index contributed by atoms with van der Waals surface area (Å²) < 4.78 is 12.0. The monoisotopic (exact) mass is 390 g/mol. The third kappa shape index (κ3) is 3.19. The minimum absolute atomic E-state index is 0.101. The number of carbonyl (C=O) groups excluding carboxylic acids is 1. The first-order chi connectivity index (χ1) is 11.6. The molecule has 0 radical (unpaired) electrons. The lowest BCUT2D eigenvalue weighted by Crippen LogP contribution is -2.38. The Balaban J connectivity index is 1.93. The van der Waals surface area contributed by atoms with Crippen LogP contribution in [0.1, 0.15) is 35.4 Å². The van der Waals surface area contributed by atoms with Crippen LogP contribution in [0.5, 0.6) is 11.5 Å². The van der Waals surface area contributed by atoms with Crippen LogP contribution in [0.3, 0.4) is 0 Å². The molecular formula is C18H19BrN2O3. The molecule has 0 aromatic heterocycles. The van der Waals surface area contributed by atoms with Gasteiger partial charge in [-0.2, -0.15) is 0 Å². The van der Waals surface area contributed by atoms with E-state index in [0.717, 1.165) is 22.1 Å². The van der Waals surface area contributed by atoms with E-state index in [9.17, 15) is 4.79 Å². The molecule has 24 heavy (non-hydrogen) atoms. The number of anilines is 1. The predicted octanol–water partition coefficient (Wildman–Crippen LogP) is 4.10. The molecule has 0 bridgehead atoms. The molecule has 5 nitrogen and oxygen atoms in total. The minimum Gasteiger partial charge on any atom is -0.493 e. The summed E-state index contributed by atoms with van der Waals surface area (Å²) >= 11 is 3.54. The van der Waals surface area contributed by atoms with Gasteiger partial charge in [0.2, 0.25) is 0 Å². The van der Waals surface area contributed by atoms with Crippen molar-refractivity contribution in [2.75, 3.05) is 19.0 Å². The zero-order valence-electron chi connectivity index (χ0n) is 13.6. The lowest BCUT2D eigenvalue weighted by atomic mass is 10.1. The van der Waals surface area contributed by atoms with Gasteiger partial charge in [0, 0.05) is 5.69 Å². The molecule has 126 valence electrons. The van der Waals surface area contributed by atoms with Gasteiger partial charge in [-0.3, -0.25) is 4.79 Å². The molecule has 0 aliphatic carbocycles. The van der Waals surface area contributed by atoms with Crippen LogP contribution in [-0.4, -0.2) is 19.6 Å². The maximum atomic E-state index is 12.3. The maximum absolute atomic E-state index is 12.3. The third-order valence-corrected chi connectivity index (χ3v) is 4.37. The van der Waals surface area contributed by atoms with Crippen molar-refractivity contribution in [3.63, 3.8) is 0 Å². The van der Waals surface area contributed by atoms with Gasteiger partial charge in [0.25, 0.3) is 5.91 Å². The molecule has 1 heterocycles. The van der Waals surface area contributed by atoms with Crippen LogP contribution < -0.4 is 20.1 Å². The summed E-state index contributed by atoms with van der Waals surface area (Å²) in [5.41, 5.74) is 2.33. The van der Waals surface area contributed by atoms with E-state index in [0.29, 0.717) is 23.7 Å². The molecule has 1 atom stereocenters. The number of ether oxygens (including phenoxy) is 2. The van der Waals surface area contributed by atoms with E-state index in [2.05, 4.69) is 26.6 Å². The minimum atomic E-state index is -0.335. The van der Waals surface area contributed by atoms with Gasteiger partial charge in [0.05, 0.1) is 23.8 Å². The van der Waals surface area contributed by atoms with Crippen molar-refractivity contribution in [2.24, 2.45) is 0 Å². The number of fused-ring (bicyclic) bond motifs is 1. The zero-order valence-corrected chi connectivity index (χ0v) is 15.1. The number of carbonyl (C=O) groups is 1. The molecule has 0 spiro atoms. The Bertz CT molecular complexity index is 764. The average Bonchev–Trinajstić information content (AvgIpc) is 2.60. The van der Waals surface area contributed by atoms with Crippen molar-refractivity contribution in [3.05, 3.63) is 52.0 Å². The summed E-state index contributed by atoms with van der Waals surface area (Å²) in [4.78, 5) is 12.3. The van der Waals surface area contributed by atoms with Crippen LogP contribution in [-0.2, 0) is 0 Å². The van der Waals surface area contributed by atoms with Crippen LogP contribution >= 0.6 is 15.9 Å². The fourth-order valence-electron chi connectivity index (χ4n) is 2.62. The van der Waals surface area contributed by atoms with E-state index in [-0.39, 0.29) is 12.1 Å². The zero-order chi connectivity index (χ0) is 17.1. The van der Waals surface area contributed by atoms with Gasteiger partial charge in [-0.15, -0.1) is 0 Å². The van der Waals surface area contributed by atoms with Crippen molar-refractivity contribution in [1.29, 1.82) is 0 Å². The molecule has 2 aromatic carbocycles. The lowest BCUT2D eigenvalue weighted by Gasteiger charge is -2.28. The smallest absolute Gasteiger partial charge is 0.255 e. The summed E-state index contributed by atoms with van der Waals surface area (Å²) in [7, 11) is 1.60. The summed E-state index contributed by atoms with van der Waals surface area (Å²) in [5, 5.41) is 6.30. The Hall–Kier alpha value is -2.21. The first-order valence-corrected chi connectivity index (χ1v) is 8.60. The summed E-state index contributed by atoms with van der Waals surface area (Å²) in [6.07, 6.45) is 0.576. The summed E-state index contributed by atoms with van der Waals surface area (Å²) in [6, 6.07) is 11.2. The highest BCUT2D eigenvalue weighted by Crippen LogP contribution is 2.39. The Labute approximate surface area is 149 Å². The standard InChI is InChI=1S/C18H19BrN2O3/c1-3-8-24-16-13(19)9-11(10-15(16)23-2)17-20-14-7-5-4-6-12(14)18(22)21-17/h4-7,9-10,17,20H,3,8H2,1-2H3,(H,21,22)/t17-/m1/s1. The third-order valence-electron chi connectivity index (χ3n) is 3.78. The van der Waals surface area contributed by atoms with E-state index >= 15 is 0 Å². The highest BCUT2D eigenvalue weighted by Gasteiger charge is 2.25. The Morgan fingerprint density at radius 2 is 2.00 bits per heavy atom. The van der Waals surface area contributed by atoms with E-state index in [4.69, 9.17) is 9.47 Å². The van der Waals surface area contributed by atoms with Gasteiger partial charge in [-0.05, 0) is 52.2 Å². The molecule has 1 aliphatic rings. The van der Waals surface area contributed by atoms with E-state index in [1.54, 1.807) is 13.2 Å². The van der Waals surface area contributed by atoms with E-state index in [1.165, 1.54) is 0 Å². The van der Waals surface area contributed by atoms with Gasteiger partial charge in [0.15, 0.2) is 11.5 Å². The molecule has 0 saturated carbocycles. The van der Waals surface area contributed by atoms with Gasteiger partial charge in [-0.25, -0.2) is 0 Å². The SMILES string of the molecule is CCCOc1c(Br)cc([C@H]2NC(=O)c3ccccc3N2)cc1OC. The Morgan fingerprint density at radius 3 is 2.75 bits per heavy atom. The van der Waals surface area contributed by atoms with Gasteiger partial charge in [-0.1, -0.05) is 19.1 Å². The number of rotatable bonds is 5. The van der Waals surface area contributed by atoms with Crippen molar-refractivity contribution < 1.29 is 14.3 Å². The van der Waals surface area contributed by atoms with Gasteiger partial charge < -0.3 is 20.1 Å². The number of hydrogen-bond acceptors (Lipinski definition) is 4. The fraction of sp³-hybridized carbons (Fsp3) is 0.278. The molecule has 0 fully saturated rings. The Morgan fingerprint density at radius 1 is 1.21 bits per heavy atom. The largest absolute Gasteiger partial charge is 0.493 e. The molecule has 1 amide bonds. The Kier molecular flexibility index (Phi) is 4.94. The number of nitrogens with one attached hydrogen (secondary N) is 2. The van der Waals surface area contributed by atoms with Crippen LogP contribution in [0.2, 0.25) is 0 Å². The number of para-hydroxylation sites is 1. The summed E-state index contributed by atoms with van der Waals surface area (Å²) in [5.74, 6) is 1.20. The molecule has 1 aliphatic heterocycles. The molecule has 3 rings (SSSR count). The number of halogens is 1. The highest BCUT2D eigenvalue weighted by molar-refractivity contribution is 9.10. The van der Waals surface area contributed by atoms with Crippen molar-refractivity contribution >= 4 is 27.5 Å². The lowest BCUT2D eigenvalue weighted by molar-refractivity contribution is 0.0935. The maximum Gasteiger partial charge on any atom is 0.255 e. The fourth-order valence-corrected chi connectivity index (χ4v) is 3.20. The average molecular weight is 391 g/mol. The topological polar surface area (TPSA) is 59.6 Å². The molecule has 6 heteroatoms. The van der Waals surface area contributed by atoms with Crippen LogP contribution in [0.4, 0.5) is 5.69 Å². The number of amides is 1. The van der Waals surface area contributed by atoms with Crippen molar-refractivity contribution in [1.82, 2.24) is 5.32 Å². The van der Waals surface area contributed by atoms with Crippen LogP contribution in [0.15, 0.2) is 40.9 Å². The molecule has 2 N–H and O–H groups in total. The number of methoxy groups -OCH3 is 1. The second kappa shape index (κ2) is 7.13. The van der Waals surface area contributed by atoms with Crippen molar-refractivity contribution in [3.8, 4) is 11.5 Å². The second-order valence-corrected chi connectivity index (χ2v) is 6.33. The molecular weight excluding hydrogens is 372 g/mol. The van der Waals surface area contributed by atoms with Gasteiger partial charge >= 0.3 is 0 Å². The van der Waals surface area contributed by atoms with Crippen LogP contribution in [0.25, 0.3) is 0 Å². The first-order valence-electron chi connectivity index (χ1n) is 7.80. The first kappa shape index (κ1) is 16.6. The second-order valence-electron chi connectivity index (χ2n) is 5.48. The number of hydrogen-bond donors (Lipinski definition) is 2. The highest BCUT2D eigenvalue weighted by atomic mass is 79.9.